The zero-order valence-corrected chi connectivity index (χ0v) is 11.2. The lowest BCUT2D eigenvalue weighted by Crippen LogP contribution is -2.37. The quantitative estimate of drug-likeness (QED) is 0.808. The number of halogens is 4. The largest absolute Gasteiger partial charge is 0.361 e. The molecular formula is C14H16F4N2. The summed E-state index contributed by atoms with van der Waals surface area (Å²) < 4.78 is 51.8. The SMILES string of the molecule is CC(Cc1c[nH]c2cc(F)c(F)cc12)NCC(C)(F)F. The Hall–Kier alpha value is -1.56. The number of fused-ring (bicyclic) bond motifs is 1. The van der Waals surface area contributed by atoms with Crippen LogP contribution >= 0.6 is 0 Å². The number of rotatable bonds is 5. The predicted molar refractivity (Wildman–Crippen MR) is 70.0 cm³/mol. The molecule has 0 aliphatic rings. The maximum absolute atomic E-state index is 13.2. The second kappa shape index (κ2) is 5.44. The van der Waals surface area contributed by atoms with Crippen molar-refractivity contribution in [3.8, 4) is 0 Å². The molecular weight excluding hydrogens is 272 g/mol. The Balaban J connectivity index is 2.12. The Morgan fingerprint density at radius 2 is 1.90 bits per heavy atom. The van der Waals surface area contributed by atoms with Crippen LogP contribution in [0.3, 0.4) is 0 Å². The first-order valence-corrected chi connectivity index (χ1v) is 6.32. The molecule has 2 N–H and O–H groups in total. The lowest BCUT2D eigenvalue weighted by atomic mass is 10.1. The topological polar surface area (TPSA) is 27.8 Å². The van der Waals surface area contributed by atoms with E-state index >= 15 is 0 Å². The van der Waals surface area contributed by atoms with E-state index in [0.29, 0.717) is 17.3 Å². The molecule has 0 saturated carbocycles. The molecule has 2 aromatic rings. The van der Waals surface area contributed by atoms with Crippen LogP contribution in [0.15, 0.2) is 18.3 Å². The van der Waals surface area contributed by atoms with Crippen molar-refractivity contribution in [1.82, 2.24) is 10.3 Å². The van der Waals surface area contributed by atoms with E-state index < -0.39 is 24.1 Å². The number of aromatic amines is 1. The van der Waals surface area contributed by atoms with E-state index in [-0.39, 0.29) is 6.04 Å². The summed E-state index contributed by atoms with van der Waals surface area (Å²) in [5, 5.41) is 3.29. The molecule has 2 nitrogen and oxygen atoms in total. The number of aromatic nitrogens is 1. The molecule has 6 heteroatoms. The lowest BCUT2D eigenvalue weighted by Gasteiger charge is -2.17. The summed E-state index contributed by atoms with van der Waals surface area (Å²) >= 11 is 0. The van der Waals surface area contributed by atoms with Gasteiger partial charge in [0.1, 0.15) is 0 Å². The minimum Gasteiger partial charge on any atom is -0.361 e. The van der Waals surface area contributed by atoms with E-state index in [2.05, 4.69) is 10.3 Å². The monoisotopic (exact) mass is 288 g/mol. The number of alkyl halides is 2. The Labute approximate surface area is 114 Å². The van der Waals surface area contributed by atoms with Crippen molar-refractivity contribution < 1.29 is 17.6 Å². The van der Waals surface area contributed by atoms with Crippen LogP contribution in [-0.4, -0.2) is 23.5 Å². The molecule has 0 amide bonds. The third-order valence-electron chi connectivity index (χ3n) is 3.10. The van der Waals surface area contributed by atoms with Crippen LogP contribution in [0.25, 0.3) is 10.9 Å². The van der Waals surface area contributed by atoms with Gasteiger partial charge in [-0.25, -0.2) is 17.6 Å². The zero-order valence-electron chi connectivity index (χ0n) is 11.2. The summed E-state index contributed by atoms with van der Waals surface area (Å²) in [6.07, 6.45) is 2.09. The first kappa shape index (κ1) is 14.8. The minimum atomic E-state index is -2.77. The van der Waals surface area contributed by atoms with Gasteiger partial charge >= 0.3 is 0 Å². The first-order chi connectivity index (χ1) is 9.26. The van der Waals surface area contributed by atoms with E-state index in [1.165, 1.54) is 0 Å². The molecule has 0 spiro atoms. The third kappa shape index (κ3) is 3.50. The molecule has 1 unspecified atom stereocenters. The fourth-order valence-corrected chi connectivity index (χ4v) is 2.10. The molecule has 0 radical (unpaired) electrons. The average molecular weight is 288 g/mol. The number of nitrogens with one attached hydrogen (secondary N) is 2. The molecule has 0 saturated heterocycles. The Bertz CT molecular complexity index is 601. The van der Waals surface area contributed by atoms with Crippen molar-refractivity contribution >= 4 is 10.9 Å². The molecule has 0 aliphatic carbocycles. The molecule has 20 heavy (non-hydrogen) atoms. The summed E-state index contributed by atoms with van der Waals surface area (Å²) in [5.74, 6) is -4.61. The number of hydrogen-bond donors (Lipinski definition) is 2. The molecule has 0 fully saturated rings. The van der Waals surface area contributed by atoms with E-state index in [1.807, 2.05) is 0 Å². The van der Waals surface area contributed by atoms with Crippen LogP contribution in [-0.2, 0) is 6.42 Å². The van der Waals surface area contributed by atoms with E-state index in [1.54, 1.807) is 13.1 Å². The Morgan fingerprint density at radius 3 is 2.55 bits per heavy atom. The number of benzene rings is 1. The van der Waals surface area contributed by atoms with Crippen molar-refractivity contribution in [1.29, 1.82) is 0 Å². The molecule has 1 aromatic heterocycles. The van der Waals surface area contributed by atoms with Gasteiger partial charge in [0, 0.05) is 36.1 Å². The van der Waals surface area contributed by atoms with Gasteiger partial charge in [0.05, 0.1) is 6.54 Å². The molecule has 1 aromatic carbocycles. The van der Waals surface area contributed by atoms with Crippen molar-refractivity contribution in [3.05, 3.63) is 35.5 Å². The average Bonchev–Trinajstić information content (AvgIpc) is 2.69. The number of hydrogen-bond acceptors (Lipinski definition) is 1. The van der Waals surface area contributed by atoms with Gasteiger partial charge in [-0.05, 0) is 25.0 Å². The lowest BCUT2D eigenvalue weighted by molar-refractivity contribution is 0.0204. The molecule has 1 heterocycles. The molecule has 2 rings (SSSR count). The molecule has 0 bridgehead atoms. The third-order valence-corrected chi connectivity index (χ3v) is 3.10. The van der Waals surface area contributed by atoms with Crippen LogP contribution in [0.5, 0.6) is 0 Å². The highest BCUT2D eigenvalue weighted by molar-refractivity contribution is 5.83. The van der Waals surface area contributed by atoms with Crippen LogP contribution < -0.4 is 5.32 Å². The molecule has 1 atom stereocenters. The van der Waals surface area contributed by atoms with E-state index in [9.17, 15) is 17.6 Å². The predicted octanol–water partition coefficient (Wildman–Crippen LogP) is 3.62. The number of H-pyrrole nitrogens is 1. The van der Waals surface area contributed by atoms with Gasteiger partial charge in [0.15, 0.2) is 11.6 Å². The van der Waals surface area contributed by atoms with Crippen molar-refractivity contribution in [2.24, 2.45) is 0 Å². The highest BCUT2D eigenvalue weighted by Crippen LogP contribution is 2.22. The van der Waals surface area contributed by atoms with Gasteiger partial charge in [0.25, 0.3) is 5.92 Å². The summed E-state index contributed by atoms with van der Waals surface area (Å²) in [4.78, 5) is 2.85. The second-order valence-corrected chi connectivity index (χ2v) is 5.18. The minimum absolute atomic E-state index is 0.201. The van der Waals surface area contributed by atoms with Gasteiger partial charge in [-0.15, -0.1) is 0 Å². The highest BCUT2D eigenvalue weighted by atomic mass is 19.3. The van der Waals surface area contributed by atoms with Crippen molar-refractivity contribution in [2.75, 3.05) is 6.54 Å². The molecule has 110 valence electrons. The Kier molecular flexibility index (Phi) is 4.04. The van der Waals surface area contributed by atoms with Gasteiger partial charge < -0.3 is 10.3 Å². The maximum Gasteiger partial charge on any atom is 0.257 e. The zero-order chi connectivity index (χ0) is 14.9. The van der Waals surface area contributed by atoms with Gasteiger partial charge in [-0.3, -0.25) is 0 Å². The first-order valence-electron chi connectivity index (χ1n) is 6.32. The van der Waals surface area contributed by atoms with E-state index in [0.717, 1.165) is 24.6 Å². The van der Waals surface area contributed by atoms with Crippen LogP contribution in [0.4, 0.5) is 17.6 Å². The standard InChI is InChI=1S/C14H16F4N2/c1-8(20-7-14(2,17)18)3-9-6-19-13-5-12(16)11(15)4-10(9)13/h4-6,8,19-20H,3,7H2,1-2H3. The normalized spacial score (nSPS) is 13.9. The smallest absolute Gasteiger partial charge is 0.257 e. The summed E-state index contributed by atoms with van der Waals surface area (Å²) in [6, 6.07) is 2.01. The van der Waals surface area contributed by atoms with Crippen LogP contribution in [0, 0.1) is 11.6 Å². The van der Waals surface area contributed by atoms with Gasteiger partial charge in [-0.1, -0.05) is 0 Å². The highest BCUT2D eigenvalue weighted by Gasteiger charge is 2.21. The van der Waals surface area contributed by atoms with E-state index in [4.69, 9.17) is 0 Å². The summed E-state index contributed by atoms with van der Waals surface area (Å²) in [5.41, 5.74) is 1.25. The van der Waals surface area contributed by atoms with Gasteiger partial charge in [-0.2, -0.15) is 0 Å². The van der Waals surface area contributed by atoms with Gasteiger partial charge in [0.2, 0.25) is 0 Å². The maximum atomic E-state index is 13.2. The Morgan fingerprint density at radius 1 is 1.25 bits per heavy atom. The van der Waals surface area contributed by atoms with Crippen LogP contribution in [0.1, 0.15) is 19.4 Å². The fraction of sp³-hybridized carbons (Fsp3) is 0.429. The second-order valence-electron chi connectivity index (χ2n) is 5.18. The summed E-state index contributed by atoms with van der Waals surface area (Å²) in [6.45, 7) is 2.19. The molecule has 0 aliphatic heterocycles. The summed E-state index contributed by atoms with van der Waals surface area (Å²) in [7, 11) is 0. The van der Waals surface area contributed by atoms with Crippen molar-refractivity contribution in [3.63, 3.8) is 0 Å². The fourth-order valence-electron chi connectivity index (χ4n) is 2.10. The van der Waals surface area contributed by atoms with Crippen molar-refractivity contribution in [2.45, 2.75) is 32.2 Å². The van der Waals surface area contributed by atoms with Crippen LogP contribution in [0.2, 0.25) is 0 Å².